The second-order valence-electron chi connectivity index (χ2n) is 9.62. The monoisotopic (exact) mass is 475 g/mol. The van der Waals surface area contributed by atoms with Gasteiger partial charge in [-0.2, -0.15) is 15.3 Å². The number of amides is 1. The van der Waals surface area contributed by atoms with Crippen LogP contribution in [-0.4, -0.2) is 75.2 Å². The molecule has 0 radical (unpaired) electrons. The molecule has 9 heteroatoms. The van der Waals surface area contributed by atoms with Crippen LogP contribution in [0.3, 0.4) is 0 Å². The summed E-state index contributed by atoms with van der Waals surface area (Å²) in [5.74, 6) is 0.370. The van der Waals surface area contributed by atoms with Gasteiger partial charge in [-0.15, -0.1) is 0 Å². The van der Waals surface area contributed by atoms with Crippen molar-refractivity contribution >= 4 is 11.6 Å². The lowest BCUT2D eigenvalue weighted by molar-refractivity contribution is -0.140. The van der Waals surface area contributed by atoms with Crippen molar-refractivity contribution in [2.24, 2.45) is 7.05 Å². The number of likely N-dealkylation sites (N-methyl/N-ethyl adjacent to an activating group) is 1. The van der Waals surface area contributed by atoms with Crippen molar-refractivity contribution < 1.29 is 9.90 Å². The fourth-order valence-corrected chi connectivity index (χ4v) is 5.62. The lowest BCUT2D eigenvalue weighted by Gasteiger charge is -2.45. The number of phenols is 1. The number of phenolic OH excluding ortho intramolecular Hbond substituents is 1. The van der Waals surface area contributed by atoms with E-state index in [1.807, 2.05) is 47.9 Å². The summed E-state index contributed by atoms with van der Waals surface area (Å²) >= 11 is 0. The maximum atomic E-state index is 14.1. The minimum absolute atomic E-state index is 0.180. The Balaban J connectivity index is 1.40. The van der Waals surface area contributed by atoms with E-state index in [9.17, 15) is 9.90 Å². The fraction of sp³-hybridized carbons (Fsp3) is 0.462. The Kier molecular flexibility index (Phi) is 6.42. The summed E-state index contributed by atoms with van der Waals surface area (Å²) in [6, 6.07) is 11.4. The molecule has 0 atom stereocenters. The first-order valence-corrected chi connectivity index (χ1v) is 12.3. The fourth-order valence-electron chi connectivity index (χ4n) is 5.62. The first kappa shape index (κ1) is 23.3. The number of anilines is 1. The Labute approximate surface area is 205 Å². The molecule has 35 heavy (non-hydrogen) atoms. The molecule has 2 N–H and O–H groups in total. The summed E-state index contributed by atoms with van der Waals surface area (Å²) in [6.45, 7) is 3.32. The molecule has 0 unspecified atom stereocenters. The average Bonchev–Trinajstić information content (AvgIpc) is 3.35. The Morgan fingerprint density at radius 2 is 1.91 bits per heavy atom. The number of benzene rings is 1. The Bertz CT molecular complexity index is 1180. The van der Waals surface area contributed by atoms with Gasteiger partial charge in [-0.1, -0.05) is 12.1 Å². The van der Waals surface area contributed by atoms with E-state index in [4.69, 9.17) is 0 Å². The third-order valence-corrected chi connectivity index (χ3v) is 7.70. The second-order valence-corrected chi connectivity index (χ2v) is 9.62. The number of aryl methyl sites for hydroxylation is 1. The van der Waals surface area contributed by atoms with Gasteiger partial charge in [0, 0.05) is 45.0 Å². The molecule has 2 aliphatic heterocycles. The van der Waals surface area contributed by atoms with E-state index in [2.05, 4.69) is 25.5 Å². The van der Waals surface area contributed by atoms with Crippen LogP contribution >= 0.6 is 0 Å². The van der Waals surface area contributed by atoms with Crippen molar-refractivity contribution in [3.05, 3.63) is 54.5 Å². The Hall–Kier alpha value is -3.46. The molecule has 9 nitrogen and oxygen atoms in total. The van der Waals surface area contributed by atoms with Crippen molar-refractivity contribution in [1.82, 2.24) is 30.2 Å². The molecule has 2 aliphatic rings. The smallest absolute Gasteiger partial charge is 0.234 e. The van der Waals surface area contributed by atoms with Crippen LogP contribution in [0.4, 0.5) is 5.69 Å². The summed E-state index contributed by atoms with van der Waals surface area (Å²) in [6.07, 6.45) is 6.88. The normalized spacial score (nSPS) is 18.4. The van der Waals surface area contributed by atoms with Gasteiger partial charge in [-0.25, -0.2) is 0 Å². The number of rotatable bonds is 5. The lowest BCUT2D eigenvalue weighted by atomic mass is 9.73. The minimum Gasteiger partial charge on any atom is -0.507 e. The molecule has 1 aromatic carbocycles. The average molecular weight is 476 g/mol. The van der Waals surface area contributed by atoms with Crippen LogP contribution in [0, 0.1) is 0 Å². The SMILES string of the molecule is CN(C(=O)C1(c2ccnn2C)CCN(c2cnnc(-c3ccccc3O)c2)CC1)C1CCNCC1. The molecule has 2 saturated heterocycles. The van der Waals surface area contributed by atoms with Gasteiger partial charge in [0.1, 0.15) is 5.75 Å². The van der Waals surface area contributed by atoms with Gasteiger partial charge in [0.2, 0.25) is 5.91 Å². The van der Waals surface area contributed by atoms with E-state index >= 15 is 0 Å². The third-order valence-electron chi connectivity index (χ3n) is 7.70. The predicted octanol–water partition coefficient (Wildman–Crippen LogP) is 2.33. The van der Waals surface area contributed by atoms with Crippen LogP contribution in [-0.2, 0) is 17.3 Å². The first-order chi connectivity index (χ1) is 17.0. The standard InChI is InChI=1S/C26H33N7O2/c1-31(19-7-12-27-13-8-19)25(35)26(24-9-14-29-32(24)2)10-15-33(16-11-26)20-17-22(30-28-18-20)21-5-3-4-6-23(21)34/h3-6,9,14,17-19,27,34H,7-8,10-13,15-16H2,1-2H3. The molecule has 0 saturated carbocycles. The second kappa shape index (κ2) is 9.65. The molecule has 4 heterocycles. The molecule has 2 aromatic heterocycles. The predicted molar refractivity (Wildman–Crippen MR) is 134 cm³/mol. The Morgan fingerprint density at radius 1 is 1.17 bits per heavy atom. The zero-order chi connectivity index (χ0) is 24.4. The van der Waals surface area contributed by atoms with Crippen molar-refractivity contribution in [3.8, 4) is 17.0 Å². The van der Waals surface area contributed by atoms with E-state index in [0.29, 0.717) is 37.2 Å². The number of aromatic nitrogens is 4. The first-order valence-electron chi connectivity index (χ1n) is 12.3. The molecule has 1 amide bonds. The number of nitrogens with one attached hydrogen (secondary N) is 1. The van der Waals surface area contributed by atoms with Crippen molar-refractivity contribution in [3.63, 3.8) is 0 Å². The van der Waals surface area contributed by atoms with Crippen molar-refractivity contribution in [1.29, 1.82) is 0 Å². The van der Waals surface area contributed by atoms with E-state index in [0.717, 1.165) is 37.3 Å². The van der Waals surface area contributed by atoms with Gasteiger partial charge in [-0.05, 0) is 63.0 Å². The van der Waals surface area contributed by atoms with Gasteiger partial charge < -0.3 is 20.2 Å². The zero-order valence-corrected chi connectivity index (χ0v) is 20.4. The maximum Gasteiger partial charge on any atom is 0.234 e. The van der Waals surface area contributed by atoms with Gasteiger partial charge in [0.05, 0.1) is 28.7 Å². The van der Waals surface area contributed by atoms with Gasteiger partial charge in [0.25, 0.3) is 0 Å². The molecule has 184 valence electrons. The summed E-state index contributed by atoms with van der Waals surface area (Å²) in [5.41, 5.74) is 2.59. The maximum absolute atomic E-state index is 14.1. The number of aromatic hydroxyl groups is 1. The molecular weight excluding hydrogens is 442 g/mol. The van der Waals surface area contributed by atoms with Crippen molar-refractivity contribution in [2.45, 2.75) is 37.1 Å². The van der Waals surface area contributed by atoms with Crippen LogP contribution in [0.5, 0.6) is 5.75 Å². The third kappa shape index (κ3) is 4.36. The largest absolute Gasteiger partial charge is 0.507 e. The van der Waals surface area contributed by atoms with Crippen molar-refractivity contribution in [2.75, 3.05) is 38.1 Å². The number of piperidine rings is 2. The zero-order valence-electron chi connectivity index (χ0n) is 20.4. The van der Waals surface area contributed by atoms with E-state index < -0.39 is 5.41 Å². The van der Waals surface area contributed by atoms with E-state index in [1.165, 1.54) is 0 Å². The Morgan fingerprint density at radius 3 is 2.60 bits per heavy atom. The highest BCUT2D eigenvalue weighted by molar-refractivity contribution is 5.88. The number of para-hydroxylation sites is 1. The minimum atomic E-state index is -0.609. The molecule has 5 rings (SSSR count). The summed E-state index contributed by atoms with van der Waals surface area (Å²) in [5, 5.41) is 26.5. The molecule has 2 fully saturated rings. The number of carbonyl (C=O) groups excluding carboxylic acids is 1. The topological polar surface area (TPSA) is 99.4 Å². The quantitative estimate of drug-likeness (QED) is 0.584. The van der Waals surface area contributed by atoms with Crippen LogP contribution < -0.4 is 10.2 Å². The summed E-state index contributed by atoms with van der Waals surface area (Å²) < 4.78 is 1.86. The van der Waals surface area contributed by atoms with Gasteiger partial charge >= 0.3 is 0 Å². The van der Waals surface area contributed by atoms with E-state index in [-0.39, 0.29) is 17.7 Å². The highest BCUT2D eigenvalue weighted by atomic mass is 16.3. The highest BCUT2D eigenvalue weighted by Gasteiger charge is 2.47. The number of nitrogens with zero attached hydrogens (tertiary/aromatic N) is 6. The van der Waals surface area contributed by atoms with Crippen LogP contribution in [0.25, 0.3) is 11.3 Å². The van der Waals surface area contributed by atoms with Gasteiger partial charge in [-0.3, -0.25) is 9.48 Å². The van der Waals surface area contributed by atoms with Crippen LogP contribution in [0.1, 0.15) is 31.4 Å². The number of carbonyl (C=O) groups is 1. The summed E-state index contributed by atoms with van der Waals surface area (Å²) in [7, 11) is 3.89. The molecular formula is C26H33N7O2. The van der Waals surface area contributed by atoms with Crippen LogP contribution in [0.2, 0.25) is 0 Å². The number of hydrogen-bond donors (Lipinski definition) is 2. The lowest BCUT2D eigenvalue weighted by Crippen LogP contribution is -2.56. The van der Waals surface area contributed by atoms with Gasteiger partial charge in [0.15, 0.2) is 0 Å². The molecule has 0 spiro atoms. The molecule has 0 bridgehead atoms. The van der Waals surface area contributed by atoms with Crippen LogP contribution in [0.15, 0.2) is 48.8 Å². The summed E-state index contributed by atoms with van der Waals surface area (Å²) in [4.78, 5) is 18.3. The van der Waals surface area contributed by atoms with E-state index in [1.54, 1.807) is 24.5 Å². The molecule has 3 aromatic rings. The molecule has 0 aliphatic carbocycles. The highest BCUT2D eigenvalue weighted by Crippen LogP contribution is 2.39. The number of hydrogen-bond acceptors (Lipinski definition) is 7.